The second kappa shape index (κ2) is 28.8. The first-order valence-corrected chi connectivity index (χ1v) is 33.5. The number of fused-ring (bicyclic) bond motifs is 12. The van der Waals surface area contributed by atoms with E-state index < -0.39 is 7.12 Å². The minimum atomic E-state index is -1.44. The van der Waals surface area contributed by atoms with E-state index in [9.17, 15) is 10.0 Å². The molecule has 0 radical (unpaired) electrons. The number of benzene rings is 16. The van der Waals surface area contributed by atoms with E-state index >= 15 is 0 Å². The van der Waals surface area contributed by atoms with Crippen LogP contribution >= 0.6 is 11.6 Å². The average Bonchev–Trinajstić information content (AvgIpc) is 0.747. The molecule has 0 bridgehead atoms. The van der Waals surface area contributed by atoms with Gasteiger partial charge in [0.05, 0.1) is 0 Å². The highest BCUT2D eigenvalue weighted by molar-refractivity contribution is 6.59. The van der Waals surface area contributed by atoms with Crippen molar-refractivity contribution >= 4 is 88.8 Å². The van der Waals surface area contributed by atoms with Crippen LogP contribution in [0.15, 0.2) is 352 Å². The maximum atomic E-state index is 9.42. The molecule has 0 atom stereocenters. The fraction of sp³-hybridized carbons (Fsp3) is 0.0110. The lowest BCUT2D eigenvalue weighted by Gasteiger charge is -2.13. The Hall–Kier alpha value is -12.6. The van der Waals surface area contributed by atoms with Crippen molar-refractivity contribution in [3.8, 4) is 101 Å². The summed E-state index contributed by atoms with van der Waals surface area (Å²) in [6.07, 6.45) is 0. The number of nitrogens with zero attached hydrogens (tertiary/aromatic N) is 6. The van der Waals surface area contributed by atoms with Gasteiger partial charge in [0.25, 0.3) is 0 Å². The molecule has 0 spiro atoms. The van der Waals surface area contributed by atoms with Crippen LogP contribution in [-0.2, 0) is 0 Å². The summed E-state index contributed by atoms with van der Waals surface area (Å²) < 4.78 is 0. The van der Waals surface area contributed by atoms with Crippen LogP contribution in [0, 0.1) is 0 Å². The summed E-state index contributed by atoms with van der Waals surface area (Å²) in [6, 6.07) is 121. The van der Waals surface area contributed by atoms with Gasteiger partial charge in [0.1, 0.15) is 0 Å². The molecule has 2 N–H and O–H groups in total. The summed E-state index contributed by atoms with van der Waals surface area (Å²) in [7, 11) is -1.44. The lowest BCUT2D eigenvalue weighted by molar-refractivity contribution is 0.426. The Morgan fingerprint density at radius 3 is 0.782 bits per heavy atom. The van der Waals surface area contributed by atoms with Crippen molar-refractivity contribution in [3.05, 3.63) is 357 Å². The van der Waals surface area contributed by atoms with E-state index in [1.807, 2.05) is 121 Å². The minimum Gasteiger partial charge on any atom is -0.423 e. The summed E-state index contributed by atoms with van der Waals surface area (Å²) in [4.78, 5) is 28.5. The lowest BCUT2D eigenvalue weighted by Crippen LogP contribution is -2.29. The molecule has 18 aromatic rings. The van der Waals surface area contributed by atoms with Gasteiger partial charge >= 0.3 is 7.12 Å². The fourth-order valence-corrected chi connectivity index (χ4v) is 13.5. The minimum absolute atomic E-state index is 0. The molecule has 10 heteroatoms. The van der Waals surface area contributed by atoms with Gasteiger partial charge in [-0.3, -0.25) is 0 Å². The van der Waals surface area contributed by atoms with Crippen molar-refractivity contribution < 1.29 is 10.0 Å². The van der Waals surface area contributed by atoms with Crippen molar-refractivity contribution in [2.75, 3.05) is 0 Å². The van der Waals surface area contributed by atoms with Crippen molar-refractivity contribution in [1.29, 1.82) is 0 Å². The quantitative estimate of drug-likeness (QED) is 0.103. The fourth-order valence-electron chi connectivity index (χ4n) is 13.3. The van der Waals surface area contributed by atoms with Gasteiger partial charge in [0.2, 0.25) is 5.28 Å². The normalized spacial score (nSPS) is 11.0. The Kier molecular flexibility index (Phi) is 18.4. The zero-order chi connectivity index (χ0) is 67.3. The van der Waals surface area contributed by atoms with E-state index in [1.54, 1.807) is 6.07 Å². The molecule has 0 aliphatic heterocycles. The molecule has 0 saturated heterocycles. The van der Waals surface area contributed by atoms with E-state index in [2.05, 4.69) is 239 Å². The van der Waals surface area contributed by atoms with E-state index in [0.29, 0.717) is 34.6 Å². The zero-order valence-corrected chi connectivity index (χ0v) is 54.8. The second-order valence-electron chi connectivity index (χ2n) is 24.5. The molecular weight excluding hydrogens is 1260 g/mol. The van der Waals surface area contributed by atoms with E-state index in [-0.39, 0.29) is 12.7 Å². The first-order valence-electron chi connectivity index (χ1n) is 33.1. The average molecular weight is 1320 g/mol. The van der Waals surface area contributed by atoms with Crippen LogP contribution in [0.3, 0.4) is 0 Å². The molecule has 0 unspecified atom stereocenters. The third-order valence-corrected chi connectivity index (χ3v) is 18.4. The van der Waals surface area contributed by atoms with Gasteiger partial charge in [-0.1, -0.05) is 341 Å². The summed E-state index contributed by atoms with van der Waals surface area (Å²) >= 11 is 6.22. The first kappa shape index (κ1) is 64.4. The highest BCUT2D eigenvalue weighted by Crippen LogP contribution is 2.39. The predicted octanol–water partition coefficient (Wildman–Crippen LogP) is 22.3. The van der Waals surface area contributed by atoms with Crippen LogP contribution < -0.4 is 5.46 Å². The third kappa shape index (κ3) is 13.5. The van der Waals surface area contributed by atoms with Gasteiger partial charge in [-0.05, 0) is 144 Å². The molecule has 2 heterocycles. The largest absolute Gasteiger partial charge is 0.488 e. The third-order valence-electron chi connectivity index (χ3n) is 18.3. The van der Waals surface area contributed by atoms with Crippen LogP contribution in [0.1, 0.15) is 7.43 Å². The standard InChI is InChI=1S/C45H29N3.C27H18ClN3.C18H13BO2.CH4/c1-3-12-30(13-4-1)31-22-24-32(25-23-31)34-16-11-17-35(28-34)44-46-43(33-14-5-2-6-15-33)47-45(48-44)36-26-27-41-39-20-8-7-18-37(39)38-19-9-10-21-40(38)42(41)29-36;28-27-30-25(22-10-5-2-6-11-22)29-26(31-27)24-13-7-12-23(18-24)21-16-14-20(15-17-21)19-8-3-1-4-9-19;20-19(21)12-9-10-17-15-7-2-1-5-13(15)14-6-3-4-8-16(14)18(17)11-12;/h1-29H;1-18H;1-11,20-21H;1H4. The highest BCUT2D eigenvalue weighted by atomic mass is 35.5. The maximum Gasteiger partial charge on any atom is 0.488 e. The summed E-state index contributed by atoms with van der Waals surface area (Å²) in [5.74, 6) is 3.06. The Morgan fingerprint density at radius 1 is 0.188 bits per heavy atom. The van der Waals surface area contributed by atoms with Gasteiger partial charge in [0, 0.05) is 27.8 Å². The monoisotopic (exact) mass is 1320 g/mol. The predicted molar refractivity (Wildman–Crippen MR) is 422 cm³/mol. The number of halogens is 1. The highest BCUT2D eigenvalue weighted by Gasteiger charge is 2.18. The van der Waals surface area contributed by atoms with E-state index in [4.69, 9.17) is 26.6 Å². The van der Waals surface area contributed by atoms with Crippen molar-refractivity contribution in [1.82, 2.24) is 29.9 Å². The summed E-state index contributed by atoms with van der Waals surface area (Å²) in [5, 5.41) is 33.3. The maximum absolute atomic E-state index is 9.42. The number of hydrogen-bond acceptors (Lipinski definition) is 8. The topological polar surface area (TPSA) is 118 Å². The molecule has 0 aliphatic carbocycles. The Morgan fingerprint density at radius 2 is 0.416 bits per heavy atom. The molecule has 0 fully saturated rings. The molecule has 101 heavy (non-hydrogen) atoms. The SMILES string of the molecule is C.Clc1nc(-c2ccccc2)nc(-c2cccc(-c3ccc(-c4ccccc4)cc3)c2)n1.OB(O)c1ccc2c3ccccc3c3ccccc3c2c1.c1ccc(-c2ccc(-c3cccc(-c4nc(-c5ccccc5)nc(-c5ccc6c7ccccc7c7ccccc7c6c5)n4)c3)cc2)cc1. The number of hydrogen-bond donors (Lipinski definition) is 2. The van der Waals surface area contributed by atoms with Crippen LogP contribution in [-0.4, -0.2) is 47.1 Å². The van der Waals surface area contributed by atoms with Crippen LogP contribution in [0.25, 0.3) is 166 Å². The number of aromatic nitrogens is 6. The molecule has 480 valence electrons. The van der Waals surface area contributed by atoms with Crippen molar-refractivity contribution in [3.63, 3.8) is 0 Å². The summed E-state index contributed by atoms with van der Waals surface area (Å²) in [6.45, 7) is 0. The van der Waals surface area contributed by atoms with Gasteiger partial charge in [-0.2, -0.15) is 9.97 Å². The van der Waals surface area contributed by atoms with E-state index in [0.717, 1.165) is 66.2 Å². The first-order chi connectivity index (χ1) is 49.3. The Bertz CT molecular complexity index is 5940. The van der Waals surface area contributed by atoms with Crippen LogP contribution in [0.5, 0.6) is 0 Å². The Balaban J connectivity index is 0.000000133. The molecule has 8 nitrogen and oxygen atoms in total. The van der Waals surface area contributed by atoms with Crippen LogP contribution in [0.4, 0.5) is 0 Å². The Labute approximate surface area is 591 Å². The van der Waals surface area contributed by atoms with Gasteiger partial charge in [-0.25, -0.2) is 19.9 Å². The van der Waals surface area contributed by atoms with Gasteiger partial charge in [0.15, 0.2) is 29.1 Å². The molecule has 18 rings (SSSR count). The van der Waals surface area contributed by atoms with Gasteiger partial charge in [-0.15, -0.1) is 0 Å². The van der Waals surface area contributed by atoms with E-state index in [1.165, 1.54) is 70.7 Å². The van der Waals surface area contributed by atoms with Gasteiger partial charge < -0.3 is 10.0 Å². The zero-order valence-electron chi connectivity index (χ0n) is 54.0. The van der Waals surface area contributed by atoms with Crippen LogP contribution in [0.2, 0.25) is 5.28 Å². The molecule has 2 aromatic heterocycles. The molecule has 16 aromatic carbocycles. The molecular formula is C91H64BClN6O2. The molecule has 0 amide bonds. The smallest absolute Gasteiger partial charge is 0.423 e. The summed E-state index contributed by atoms with van der Waals surface area (Å²) in [5.41, 5.74) is 14.4. The molecule has 0 aliphatic rings. The second-order valence-corrected chi connectivity index (χ2v) is 24.8. The number of rotatable bonds is 10. The van der Waals surface area contributed by atoms with Crippen molar-refractivity contribution in [2.24, 2.45) is 0 Å². The lowest BCUT2D eigenvalue weighted by atomic mass is 9.78. The van der Waals surface area contributed by atoms with Crippen molar-refractivity contribution in [2.45, 2.75) is 7.43 Å². The molecule has 0 saturated carbocycles.